The van der Waals surface area contributed by atoms with Crippen molar-refractivity contribution in [2.24, 2.45) is 0 Å². The van der Waals surface area contributed by atoms with Crippen LogP contribution in [0.3, 0.4) is 0 Å². The monoisotopic (exact) mass is 345 g/mol. The smallest absolute Gasteiger partial charge is 0.263 e. The van der Waals surface area contributed by atoms with Crippen molar-refractivity contribution in [2.75, 3.05) is 11.8 Å². The molecule has 8 heteroatoms. The van der Waals surface area contributed by atoms with E-state index in [2.05, 4.69) is 15.0 Å². The molecule has 112 valence electrons. The summed E-state index contributed by atoms with van der Waals surface area (Å²) in [5.41, 5.74) is 0.689. The van der Waals surface area contributed by atoms with Crippen molar-refractivity contribution in [1.82, 2.24) is 10.3 Å². The molecule has 0 radical (unpaired) electrons. The van der Waals surface area contributed by atoms with Gasteiger partial charge in [-0.25, -0.2) is 13.4 Å². The summed E-state index contributed by atoms with van der Waals surface area (Å²) in [5, 5.41) is 3.66. The Hall–Kier alpha value is -1.34. The molecule has 0 amide bonds. The highest BCUT2D eigenvalue weighted by molar-refractivity contribution is 7.92. The van der Waals surface area contributed by atoms with E-state index in [1.165, 1.54) is 18.3 Å². The number of halogens is 2. The highest BCUT2D eigenvalue weighted by atomic mass is 35.5. The quantitative estimate of drug-likeness (QED) is 0.873. The van der Waals surface area contributed by atoms with Crippen LogP contribution in [0.1, 0.15) is 5.56 Å². The van der Waals surface area contributed by atoms with Crippen LogP contribution in [-0.2, 0) is 16.6 Å². The SMILES string of the molecule is CNCc1cc(S(=O)(=O)Nc2ncccc2Cl)ccc1Cl. The molecule has 1 aromatic heterocycles. The third kappa shape index (κ3) is 3.85. The Kier molecular flexibility index (Phi) is 5.05. The molecule has 5 nitrogen and oxygen atoms in total. The second-order valence-electron chi connectivity index (χ2n) is 4.22. The van der Waals surface area contributed by atoms with Crippen molar-refractivity contribution in [1.29, 1.82) is 0 Å². The average molecular weight is 346 g/mol. The molecule has 0 fully saturated rings. The number of hydrogen-bond acceptors (Lipinski definition) is 4. The van der Waals surface area contributed by atoms with Crippen molar-refractivity contribution in [2.45, 2.75) is 11.4 Å². The first-order chi connectivity index (χ1) is 9.94. The maximum atomic E-state index is 12.3. The predicted molar refractivity (Wildman–Crippen MR) is 84.3 cm³/mol. The Morgan fingerprint density at radius 3 is 2.62 bits per heavy atom. The second-order valence-corrected chi connectivity index (χ2v) is 6.72. The fraction of sp³-hybridized carbons (Fsp3) is 0.154. The van der Waals surface area contributed by atoms with Crippen molar-refractivity contribution in [3.05, 3.63) is 52.1 Å². The zero-order chi connectivity index (χ0) is 15.5. The van der Waals surface area contributed by atoms with Crippen molar-refractivity contribution in [3.8, 4) is 0 Å². The molecule has 0 aliphatic heterocycles. The van der Waals surface area contributed by atoms with Gasteiger partial charge in [0.1, 0.15) is 0 Å². The van der Waals surface area contributed by atoms with Crippen molar-refractivity contribution >= 4 is 39.0 Å². The summed E-state index contributed by atoms with van der Waals surface area (Å²) in [4.78, 5) is 4.00. The Labute approximate surface area is 133 Å². The van der Waals surface area contributed by atoms with E-state index in [4.69, 9.17) is 23.2 Å². The van der Waals surface area contributed by atoms with Gasteiger partial charge in [0, 0.05) is 17.8 Å². The summed E-state index contributed by atoms with van der Waals surface area (Å²) in [6.07, 6.45) is 1.46. The number of nitrogens with one attached hydrogen (secondary N) is 2. The van der Waals surface area contributed by atoms with E-state index in [1.807, 2.05) is 0 Å². The van der Waals surface area contributed by atoms with E-state index >= 15 is 0 Å². The maximum Gasteiger partial charge on any atom is 0.263 e. The first-order valence-corrected chi connectivity index (χ1v) is 8.24. The van der Waals surface area contributed by atoms with Gasteiger partial charge < -0.3 is 5.32 Å². The Morgan fingerprint density at radius 2 is 1.95 bits per heavy atom. The summed E-state index contributed by atoms with van der Waals surface area (Å²) >= 11 is 11.9. The Bertz CT molecular complexity index is 751. The maximum absolute atomic E-state index is 12.3. The normalized spacial score (nSPS) is 11.4. The van der Waals surface area contributed by atoms with Crippen LogP contribution in [-0.4, -0.2) is 20.4 Å². The highest BCUT2D eigenvalue weighted by Gasteiger charge is 2.17. The van der Waals surface area contributed by atoms with E-state index in [9.17, 15) is 8.42 Å². The lowest BCUT2D eigenvalue weighted by Crippen LogP contribution is -2.15. The molecule has 0 bridgehead atoms. The lowest BCUT2D eigenvalue weighted by molar-refractivity contribution is 0.601. The standard InChI is InChI=1S/C13H13Cl2N3O2S/c1-16-8-9-7-10(4-5-11(9)14)21(19,20)18-13-12(15)3-2-6-17-13/h2-7,16H,8H2,1H3,(H,17,18). The van der Waals surface area contributed by atoms with Gasteiger partial charge in [0.15, 0.2) is 5.82 Å². The van der Waals surface area contributed by atoms with E-state index < -0.39 is 10.0 Å². The molecule has 0 unspecified atom stereocenters. The van der Waals surface area contributed by atoms with Gasteiger partial charge in [0.05, 0.1) is 9.92 Å². The number of benzene rings is 1. The molecular weight excluding hydrogens is 333 g/mol. The molecule has 0 aliphatic carbocycles. The van der Waals surface area contributed by atoms with Gasteiger partial charge in [-0.2, -0.15) is 0 Å². The molecule has 1 heterocycles. The topological polar surface area (TPSA) is 71.1 Å². The fourth-order valence-electron chi connectivity index (χ4n) is 1.69. The van der Waals surface area contributed by atoms with Crippen LogP contribution >= 0.6 is 23.2 Å². The van der Waals surface area contributed by atoms with Gasteiger partial charge in [0.25, 0.3) is 10.0 Å². The van der Waals surface area contributed by atoms with Gasteiger partial charge in [-0.15, -0.1) is 0 Å². The minimum atomic E-state index is -3.78. The summed E-state index contributed by atoms with van der Waals surface area (Å²) < 4.78 is 27.1. The van der Waals surface area contributed by atoms with E-state index in [0.29, 0.717) is 17.1 Å². The number of rotatable bonds is 5. The van der Waals surface area contributed by atoms with Crippen LogP contribution in [0.5, 0.6) is 0 Å². The lowest BCUT2D eigenvalue weighted by Gasteiger charge is -2.10. The second kappa shape index (κ2) is 6.62. The molecule has 0 saturated heterocycles. The zero-order valence-electron chi connectivity index (χ0n) is 11.1. The minimum Gasteiger partial charge on any atom is -0.316 e. The number of hydrogen-bond donors (Lipinski definition) is 2. The van der Waals surface area contributed by atoms with E-state index in [1.54, 1.807) is 25.2 Å². The van der Waals surface area contributed by atoms with Crippen LogP contribution in [0.25, 0.3) is 0 Å². The predicted octanol–water partition coefficient (Wildman–Crippen LogP) is 2.91. The van der Waals surface area contributed by atoms with E-state index in [0.717, 1.165) is 0 Å². The summed E-state index contributed by atoms with van der Waals surface area (Å²) in [6, 6.07) is 7.66. The number of sulfonamides is 1. The molecule has 2 aromatic rings. The molecule has 0 saturated carbocycles. The number of anilines is 1. The molecule has 0 atom stereocenters. The van der Waals surface area contributed by atoms with E-state index in [-0.39, 0.29) is 15.7 Å². The number of pyridine rings is 1. The zero-order valence-corrected chi connectivity index (χ0v) is 13.4. The van der Waals surface area contributed by atoms with Crippen molar-refractivity contribution in [3.63, 3.8) is 0 Å². The van der Waals surface area contributed by atoms with Crippen LogP contribution in [0.4, 0.5) is 5.82 Å². The third-order valence-electron chi connectivity index (χ3n) is 2.68. The Balaban J connectivity index is 2.36. The fourth-order valence-corrected chi connectivity index (χ4v) is 3.18. The molecule has 0 spiro atoms. The molecule has 21 heavy (non-hydrogen) atoms. The lowest BCUT2D eigenvalue weighted by atomic mass is 10.2. The first kappa shape index (κ1) is 16.0. The molecule has 2 rings (SSSR count). The van der Waals surface area contributed by atoms with Crippen LogP contribution in [0.2, 0.25) is 10.0 Å². The van der Waals surface area contributed by atoms with Gasteiger partial charge >= 0.3 is 0 Å². The molecule has 0 aliphatic rings. The van der Waals surface area contributed by atoms with Gasteiger partial charge in [-0.3, -0.25) is 4.72 Å². The highest BCUT2D eigenvalue weighted by Crippen LogP contribution is 2.24. The van der Waals surface area contributed by atoms with Gasteiger partial charge in [-0.05, 0) is 42.9 Å². The number of nitrogens with zero attached hydrogens (tertiary/aromatic N) is 1. The molecule has 1 aromatic carbocycles. The average Bonchev–Trinajstić information content (AvgIpc) is 2.44. The first-order valence-electron chi connectivity index (χ1n) is 6.00. The van der Waals surface area contributed by atoms with Crippen LogP contribution in [0, 0.1) is 0 Å². The summed E-state index contributed by atoms with van der Waals surface area (Å²) in [5.74, 6) is 0.0873. The molecule has 2 N–H and O–H groups in total. The number of aromatic nitrogens is 1. The van der Waals surface area contributed by atoms with Gasteiger partial charge in [-0.1, -0.05) is 23.2 Å². The van der Waals surface area contributed by atoms with Crippen LogP contribution < -0.4 is 10.0 Å². The third-order valence-corrected chi connectivity index (χ3v) is 4.69. The summed E-state index contributed by atoms with van der Waals surface area (Å²) in [7, 11) is -2.02. The van der Waals surface area contributed by atoms with Crippen LogP contribution in [0.15, 0.2) is 41.4 Å². The Morgan fingerprint density at radius 1 is 1.19 bits per heavy atom. The van der Waals surface area contributed by atoms with Crippen molar-refractivity contribution < 1.29 is 8.42 Å². The largest absolute Gasteiger partial charge is 0.316 e. The summed E-state index contributed by atoms with van der Waals surface area (Å²) in [6.45, 7) is 0.465. The minimum absolute atomic E-state index is 0.0873. The van der Waals surface area contributed by atoms with Gasteiger partial charge in [0.2, 0.25) is 0 Å². The molecular formula is C13H13Cl2N3O2S.